The van der Waals surface area contributed by atoms with E-state index in [0.717, 1.165) is 37.3 Å². The molecule has 5 nitrogen and oxygen atoms in total. The lowest BCUT2D eigenvalue weighted by molar-refractivity contribution is 0.192. The molecule has 1 atom stereocenters. The third-order valence-electron chi connectivity index (χ3n) is 3.27. The van der Waals surface area contributed by atoms with Gasteiger partial charge in [-0.3, -0.25) is 0 Å². The lowest BCUT2D eigenvalue weighted by atomic mass is 9.91. The monoisotopic (exact) mass is 324 g/mol. The van der Waals surface area contributed by atoms with E-state index in [0.29, 0.717) is 4.34 Å². The second-order valence-corrected chi connectivity index (χ2v) is 8.21. The first-order chi connectivity index (χ1) is 9.03. The van der Waals surface area contributed by atoms with Gasteiger partial charge in [0.25, 0.3) is 0 Å². The zero-order valence-electron chi connectivity index (χ0n) is 10.3. The maximum absolute atomic E-state index is 12.2. The molecule has 3 N–H and O–H groups in total. The normalized spacial score (nSPS) is 19.5. The Morgan fingerprint density at radius 1 is 1.47 bits per heavy atom. The van der Waals surface area contributed by atoms with Crippen LogP contribution in [0, 0.1) is 5.92 Å². The number of rotatable bonds is 5. The van der Waals surface area contributed by atoms with Crippen LogP contribution in [0.1, 0.15) is 12.8 Å². The number of hydrogen-bond donors (Lipinski definition) is 3. The minimum Gasteiger partial charge on any atom is -0.395 e. The maximum atomic E-state index is 12.2. The molecule has 2 rings (SSSR count). The summed E-state index contributed by atoms with van der Waals surface area (Å²) in [7, 11) is -3.60. The summed E-state index contributed by atoms with van der Waals surface area (Å²) in [5.74, 6) is 0.163. The zero-order chi connectivity index (χ0) is 13.9. The number of piperidine rings is 1. The first-order valence-electron chi connectivity index (χ1n) is 6.12. The highest BCUT2D eigenvalue weighted by Gasteiger charge is 2.28. The molecule has 0 saturated carbocycles. The van der Waals surface area contributed by atoms with Crippen LogP contribution in [-0.2, 0) is 10.0 Å². The van der Waals surface area contributed by atoms with Crippen LogP contribution in [0.2, 0.25) is 4.34 Å². The molecule has 8 heteroatoms. The summed E-state index contributed by atoms with van der Waals surface area (Å²) in [6, 6.07) is 2.60. The molecule has 108 valence electrons. The van der Waals surface area contributed by atoms with Crippen LogP contribution in [0.3, 0.4) is 0 Å². The number of aliphatic hydroxyl groups excluding tert-OH is 1. The molecular formula is C11H17ClN2O3S2. The molecule has 1 aliphatic heterocycles. The summed E-state index contributed by atoms with van der Waals surface area (Å²) in [4.78, 5) is 0. The van der Waals surface area contributed by atoms with E-state index in [4.69, 9.17) is 11.6 Å². The molecule has 0 spiro atoms. The topological polar surface area (TPSA) is 78.4 Å². The average Bonchev–Trinajstić information content (AvgIpc) is 2.85. The van der Waals surface area contributed by atoms with Crippen molar-refractivity contribution in [1.82, 2.24) is 10.0 Å². The molecule has 0 bridgehead atoms. The molecule has 0 aromatic carbocycles. The van der Waals surface area contributed by atoms with Gasteiger partial charge in [-0.15, -0.1) is 11.3 Å². The molecule has 0 unspecified atom stereocenters. The fourth-order valence-electron chi connectivity index (χ4n) is 2.23. The van der Waals surface area contributed by atoms with Crippen molar-refractivity contribution in [2.45, 2.75) is 23.1 Å². The zero-order valence-corrected chi connectivity index (χ0v) is 12.7. The van der Waals surface area contributed by atoms with Gasteiger partial charge in [0.1, 0.15) is 4.21 Å². The van der Waals surface area contributed by atoms with Gasteiger partial charge in [-0.1, -0.05) is 11.6 Å². The van der Waals surface area contributed by atoms with Gasteiger partial charge in [0.2, 0.25) is 10.0 Å². The van der Waals surface area contributed by atoms with Crippen molar-refractivity contribution in [3.05, 3.63) is 16.5 Å². The predicted octanol–water partition coefficient (Wildman–Crippen LogP) is 1.04. The number of nitrogens with one attached hydrogen (secondary N) is 2. The number of aliphatic hydroxyl groups is 1. The fraction of sp³-hybridized carbons (Fsp3) is 0.636. The maximum Gasteiger partial charge on any atom is 0.250 e. The van der Waals surface area contributed by atoms with E-state index >= 15 is 0 Å². The predicted molar refractivity (Wildman–Crippen MR) is 76.1 cm³/mol. The van der Waals surface area contributed by atoms with Gasteiger partial charge in [0.15, 0.2) is 0 Å². The Bertz CT molecular complexity index is 512. The summed E-state index contributed by atoms with van der Waals surface area (Å²) in [6.07, 6.45) is 1.72. The van der Waals surface area contributed by atoms with Crippen molar-refractivity contribution in [3.8, 4) is 0 Å². The van der Waals surface area contributed by atoms with Crippen LogP contribution < -0.4 is 10.0 Å². The van der Waals surface area contributed by atoms with Crippen LogP contribution in [0.25, 0.3) is 0 Å². The van der Waals surface area contributed by atoms with Crippen LogP contribution in [0.15, 0.2) is 16.3 Å². The summed E-state index contributed by atoms with van der Waals surface area (Å²) in [5, 5.41) is 12.6. The molecular weight excluding hydrogens is 308 g/mol. The Labute approximate surface area is 122 Å². The Kier molecular flexibility index (Phi) is 5.22. The van der Waals surface area contributed by atoms with Gasteiger partial charge in [-0.25, -0.2) is 13.1 Å². The molecule has 2 heterocycles. The minimum atomic E-state index is -3.60. The summed E-state index contributed by atoms with van der Waals surface area (Å²) in [5.41, 5.74) is 0. The van der Waals surface area contributed by atoms with Crippen molar-refractivity contribution in [1.29, 1.82) is 0 Å². The molecule has 19 heavy (non-hydrogen) atoms. The molecule has 1 fully saturated rings. The standard InChI is InChI=1S/C11H17ClN2O3S2/c12-10-1-2-11(18-10)19(16,17)14-9(7-15)8-3-5-13-6-4-8/h1-2,8-9,13-15H,3-7H2/t9-/m1/s1. The van der Waals surface area contributed by atoms with Crippen LogP contribution in [0.5, 0.6) is 0 Å². The minimum absolute atomic E-state index is 0.163. The molecule has 0 aliphatic carbocycles. The highest BCUT2D eigenvalue weighted by Crippen LogP contribution is 2.26. The Hall–Kier alpha value is -0.180. The number of thiophene rings is 1. The van der Waals surface area contributed by atoms with E-state index < -0.39 is 16.1 Å². The van der Waals surface area contributed by atoms with Crippen LogP contribution in [0.4, 0.5) is 0 Å². The van der Waals surface area contributed by atoms with E-state index in [2.05, 4.69) is 10.0 Å². The summed E-state index contributed by atoms with van der Waals surface area (Å²) >= 11 is 6.77. The largest absolute Gasteiger partial charge is 0.395 e. The van der Waals surface area contributed by atoms with Gasteiger partial charge in [-0.05, 0) is 44.0 Å². The Morgan fingerprint density at radius 2 is 2.16 bits per heavy atom. The summed E-state index contributed by atoms with van der Waals surface area (Å²) in [6.45, 7) is 1.52. The van der Waals surface area contributed by atoms with Gasteiger partial charge >= 0.3 is 0 Å². The number of hydrogen-bond acceptors (Lipinski definition) is 5. The van der Waals surface area contributed by atoms with E-state index in [1.165, 1.54) is 6.07 Å². The Morgan fingerprint density at radius 3 is 2.68 bits per heavy atom. The van der Waals surface area contributed by atoms with Gasteiger partial charge < -0.3 is 10.4 Å². The van der Waals surface area contributed by atoms with E-state index in [-0.39, 0.29) is 16.7 Å². The van der Waals surface area contributed by atoms with E-state index in [1.54, 1.807) is 6.07 Å². The lowest BCUT2D eigenvalue weighted by Crippen LogP contribution is -2.46. The molecule has 1 aromatic rings. The molecule has 0 amide bonds. The van der Waals surface area contributed by atoms with Gasteiger partial charge in [0, 0.05) is 6.04 Å². The Balaban J connectivity index is 2.08. The van der Waals surface area contributed by atoms with E-state index in [1.807, 2.05) is 0 Å². The second-order valence-electron chi connectivity index (χ2n) is 4.56. The summed E-state index contributed by atoms with van der Waals surface area (Å²) < 4.78 is 27.5. The van der Waals surface area contributed by atoms with Crippen molar-refractivity contribution < 1.29 is 13.5 Å². The third kappa shape index (κ3) is 3.90. The highest BCUT2D eigenvalue weighted by molar-refractivity contribution is 7.91. The van der Waals surface area contributed by atoms with Gasteiger partial charge in [0.05, 0.1) is 10.9 Å². The lowest BCUT2D eigenvalue weighted by Gasteiger charge is -2.29. The highest BCUT2D eigenvalue weighted by atomic mass is 35.5. The molecule has 1 saturated heterocycles. The molecule has 1 aliphatic rings. The van der Waals surface area contributed by atoms with Crippen LogP contribution in [-0.4, -0.2) is 39.3 Å². The smallest absolute Gasteiger partial charge is 0.250 e. The first-order valence-corrected chi connectivity index (χ1v) is 8.80. The molecule has 0 radical (unpaired) electrons. The van der Waals surface area contributed by atoms with Crippen molar-refractivity contribution in [2.75, 3.05) is 19.7 Å². The van der Waals surface area contributed by atoms with Gasteiger partial charge in [-0.2, -0.15) is 0 Å². The number of sulfonamides is 1. The van der Waals surface area contributed by atoms with Crippen molar-refractivity contribution >= 4 is 33.0 Å². The fourth-order valence-corrected chi connectivity index (χ4v) is 5.02. The van der Waals surface area contributed by atoms with E-state index in [9.17, 15) is 13.5 Å². The van der Waals surface area contributed by atoms with Crippen molar-refractivity contribution in [3.63, 3.8) is 0 Å². The van der Waals surface area contributed by atoms with Crippen LogP contribution >= 0.6 is 22.9 Å². The quantitative estimate of drug-likeness (QED) is 0.756. The second kappa shape index (κ2) is 6.51. The SMILES string of the molecule is O=S(=O)(N[C@H](CO)C1CCNCC1)c1ccc(Cl)s1. The third-order valence-corrected chi connectivity index (χ3v) is 6.48. The average molecular weight is 325 g/mol. The number of halogens is 1. The van der Waals surface area contributed by atoms with Crippen molar-refractivity contribution in [2.24, 2.45) is 5.92 Å². The first kappa shape index (κ1) is 15.2. The molecule has 1 aromatic heterocycles.